The molecule has 2 aromatic carbocycles. The van der Waals surface area contributed by atoms with E-state index in [1.54, 1.807) is 23.1 Å². The van der Waals surface area contributed by atoms with Crippen LogP contribution >= 0.6 is 11.6 Å². The maximum Gasteiger partial charge on any atom is 0.295 e. The molecule has 0 saturated carbocycles. The van der Waals surface area contributed by atoms with Gasteiger partial charge in [-0.1, -0.05) is 18.5 Å². The average Bonchev–Trinajstić information content (AvgIpc) is 3.49. The molecule has 4 aromatic rings. The third-order valence-corrected chi connectivity index (χ3v) is 6.35. The van der Waals surface area contributed by atoms with Crippen LogP contribution in [0.2, 0.25) is 5.02 Å². The van der Waals surface area contributed by atoms with E-state index in [1.165, 1.54) is 18.5 Å². The second-order valence-corrected chi connectivity index (χ2v) is 8.71. The Labute approximate surface area is 198 Å². The summed E-state index contributed by atoms with van der Waals surface area (Å²) in [6.45, 7) is 2.75. The second kappa shape index (κ2) is 9.02. The van der Waals surface area contributed by atoms with Crippen molar-refractivity contribution in [2.24, 2.45) is 5.92 Å². The first kappa shape index (κ1) is 22.3. The fraction of sp³-hybridized carbons (Fsp3) is 0.304. The number of aromatic nitrogens is 4. The fourth-order valence-electron chi connectivity index (χ4n) is 4.37. The predicted octanol–water partition coefficient (Wildman–Crippen LogP) is 4.69. The van der Waals surface area contributed by atoms with E-state index in [9.17, 15) is 13.6 Å². The first-order valence-corrected chi connectivity index (χ1v) is 11.3. The van der Waals surface area contributed by atoms with E-state index < -0.39 is 23.1 Å². The highest BCUT2D eigenvalue weighted by atomic mass is 35.5. The number of anilines is 1. The smallest absolute Gasteiger partial charge is 0.295 e. The first-order valence-electron chi connectivity index (χ1n) is 10.9. The van der Waals surface area contributed by atoms with Crippen LogP contribution in [0.25, 0.3) is 16.8 Å². The van der Waals surface area contributed by atoms with Crippen molar-refractivity contribution in [3.63, 3.8) is 0 Å². The Kier molecular flexibility index (Phi) is 5.91. The van der Waals surface area contributed by atoms with Gasteiger partial charge in [0, 0.05) is 24.2 Å². The Morgan fingerprint density at radius 2 is 2.03 bits per heavy atom. The number of likely N-dealkylation sites (tertiary alicyclic amines) is 1. The average molecular weight is 487 g/mol. The number of carbonyl (C=O) groups excluding carboxylic acids is 1. The quantitative estimate of drug-likeness (QED) is 0.440. The van der Waals surface area contributed by atoms with E-state index in [1.807, 2.05) is 6.92 Å². The van der Waals surface area contributed by atoms with Crippen LogP contribution in [0.15, 0.2) is 47.1 Å². The van der Waals surface area contributed by atoms with Crippen molar-refractivity contribution in [2.75, 3.05) is 18.4 Å². The van der Waals surface area contributed by atoms with Crippen molar-refractivity contribution in [1.82, 2.24) is 24.9 Å². The number of piperidine rings is 1. The summed E-state index contributed by atoms with van der Waals surface area (Å²) in [5, 5.41) is 11.7. The van der Waals surface area contributed by atoms with Gasteiger partial charge in [0.05, 0.1) is 18.4 Å². The lowest BCUT2D eigenvalue weighted by Gasteiger charge is -2.40. The Hall–Kier alpha value is -3.53. The summed E-state index contributed by atoms with van der Waals surface area (Å²) in [6, 6.07) is 7.40. The SMILES string of the molecule is C[C@@H]1CCCN(C(=O)c2c(-n3nccn3)ccc(F)c2F)[C@@H]1CNc1nc2ccc(Cl)cc2o1. The number of hydrogen-bond acceptors (Lipinski definition) is 6. The Morgan fingerprint density at radius 1 is 1.24 bits per heavy atom. The molecule has 1 aliphatic rings. The monoisotopic (exact) mass is 486 g/mol. The molecule has 0 unspecified atom stereocenters. The summed E-state index contributed by atoms with van der Waals surface area (Å²) in [5.74, 6) is -2.84. The molecule has 0 bridgehead atoms. The highest BCUT2D eigenvalue weighted by Crippen LogP contribution is 2.29. The number of fused-ring (bicyclic) bond motifs is 1. The van der Waals surface area contributed by atoms with Crippen LogP contribution in [-0.2, 0) is 0 Å². The third-order valence-electron chi connectivity index (χ3n) is 6.11. The number of carbonyl (C=O) groups is 1. The number of rotatable bonds is 5. The van der Waals surface area contributed by atoms with Crippen molar-refractivity contribution >= 4 is 34.6 Å². The molecule has 34 heavy (non-hydrogen) atoms. The molecule has 5 rings (SSSR count). The lowest BCUT2D eigenvalue weighted by atomic mass is 9.90. The lowest BCUT2D eigenvalue weighted by molar-refractivity contribution is 0.0533. The largest absolute Gasteiger partial charge is 0.424 e. The van der Waals surface area contributed by atoms with Gasteiger partial charge in [0.15, 0.2) is 17.2 Å². The van der Waals surface area contributed by atoms with Gasteiger partial charge in [-0.2, -0.15) is 20.0 Å². The lowest BCUT2D eigenvalue weighted by Crippen LogP contribution is -2.51. The summed E-state index contributed by atoms with van der Waals surface area (Å²) < 4.78 is 34.8. The molecule has 2 aromatic heterocycles. The topological polar surface area (TPSA) is 89.1 Å². The molecular weight excluding hydrogens is 466 g/mol. The Bertz CT molecular complexity index is 1340. The van der Waals surface area contributed by atoms with Gasteiger partial charge in [0.2, 0.25) is 0 Å². The van der Waals surface area contributed by atoms with Gasteiger partial charge in [-0.3, -0.25) is 4.79 Å². The number of hydrogen-bond donors (Lipinski definition) is 1. The van der Waals surface area contributed by atoms with Crippen LogP contribution in [0.3, 0.4) is 0 Å². The molecule has 0 aliphatic carbocycles. The summed E-state index contributed by atoms with van der Waals surface area (Å²) in [4.78, 5) is 20.7. The summed E-state index contributed by atoms with van der Waals surface area (Å²) in [6.07, 6.45) is 4.44. The first-order chi connectivity index (χ1) is 16.4. The van der Waals surface area contributed by atoms with Gasteiger partial charge in [-0.05, 0) is 43.0 Å². The molecule has 0 spiro atoms. The standard InChI is InChI=1S/C23H21ClF2N6O2/c1-13-3-2-10-31(18(13)12-27-23-30-16-6-4-14(24)11-19(16)34-23)22(33)20-17(32-28-8-9-29-32)7-5-15(25)21(20)26/h4-9,11,13,18H,2-3,10,12H2,1H3,(H,27,30)/t13-,18-/m1/s1. The van der Waals surface area contributed by atoms with Crippen molar-refractivity contribution < 1.29 is 18.0 Å². The molecule has 0 radical (unpaired) electrons. The summed E-state index contributed by atoms with van der Waals surface area (Å²) in [7, 11) is 0. The number of halogens is 3. The number of oxazole rings is 1. The molecule has 2 atom stereocenters. The van der Waals surface area contributed by atoms with Crippen LogP contribution in [0.1, 0.15) is 30.1 Å². The molecule has 1 aliphatic heterocycles. The minimum Gasteiger partial charge on any atom is -0.424 e. The third kappa shape index (κ3) is 4.09. The van der Waals surface area contributed by atoms with Crippen LogP contribution in [0.4, 0.5) is 14.8 Å². The van der Waals surface area contributed by atoms with Crippen LogP contribution in [-0.4, -0.2) is 49.9 Å². The van der Waals surface area contributed by atoms with E-state index >= 15 is 0 Å². The summed E-state index contributed by atoms with van der Waals surface area (Å²) in [5.41, 5.74) is 0.869. The molecular formula is C23H21ClF2N6O2. The van der Waals surface area contributed by atoms with Crippen molar-refractivity contribution in [3.05, 3.63) is 64.9 Å². The zero-order chi connectivity index (χ0) is 23.8. The van der Waals surface area contributed by atoms with Crippen molar-refractivity contribution in [2.45, 2.75) is 25.8 Å². The number of benzene rings is 2. The molecule has 11 heteroatoms. The fourth-order valence-corrected chi connectivity index (χ4v) is 4.53. The summed E-state index contributed by atoms with van der Waals surface area (Å²) >= 11 is 6.01. The maximum atomic E-state index is 14.9. The van der Waals surface area contributed by atoms with Crippen LogP contribution in [0, 0.1) is 17.6 Å². The van der Waals surface area contributed by atoms with E-state index in [4.69, 9.17) is 16.0 Å². The van der Waals surface area contributed by atoms with Crippen LogP contribution < -0.4 is 5.32 Å². The molecule has 1 amide bonds. The van der Waals surface area contributed by atoms with Crippen molar-refractivity contribution in [3.8, 4) is 5.69 Å². The van der Waals surface area contributed by atoms with Gasteiger partial charge in [-0.25, -0.2) is 8.78 Å². The minimum absolute atomic E-state index is 0.0784. The highest BCUT2D eigenvalue weighted by Gasteiger charge is 2.35. The van der Waals surface area contributed by atoms with Gasteiger partial charge in [0.1, 0.15) is 16.8 Å². The van der Waals surface area contributed by atoms with Gasteiger partial charge < -0.3 is 14.6 Å². The van der Waals surface area contributed by atoms with E-state index in [-0.39, 0.29) is 17.6 Å². The zero-order valence-corrected chi connectivity index (χ0v) is 19.0. The number of nitrogens with one attached hydrogen (secondary N) is 1. The Morgan fingerprint density at radius 3 is 2.82 bits per heavy atom. The molecule has 3 heterocycles. The van der Waals surface area contributed by atoms with Gasteiger partial charge >= 0.3 is 0 Å². The Balaban J connectivity index is 1.44. The van der Waals surface area contributed by atoms with Gasteiger partial charge in [-0.15, -0.1) is 0 Å². The molecule has 1 fully saturated rings. The zero-order valence-electron chi connectivity index (χ0n) is 18.2. The van der Waals surface area contributed by atoms with E-state index in [0.717, 1.165) is 23.7 Å². The van der Waals surface area contributed by atoms with E-state index in [2.05, 4.69) is 20.5 Å². The minimum atomic E-state index is -1.22. The maximum absolute atomic E-state index is 14.9. The van der Waals surface area contributed by atoms with E-state index in [0.29, 0.717) is 35.2 Å². The van der Waals surface area contributed by atoms with Gasteiger partial charge in [0.25, 0.3) is 11.9 Å². The number of nitrogens with zero attached hydrogens (tertiary/aromatic N) is 5. The molecule has 176 valence electrons. The van der Waals surface area contributed by atoms with Crippen molar-refractivity contribution in [1.29, 1.82) is 0 Å². The molecule has 8 nitrogen and oxygen atoms in total. The molecule has 1 saturated heterocycles. The molecule has 1 N–H and O–H groups in total. The highest BCUT2D eigenvalue weighted by molar-refractivity contribution is 6.31. The number of amides is 1. The predicted molar refractivity (Wildman–Crippen MR) is 122 cm³/mol. The van der Waals surface area contributed by atoms with Crippen LogP contribution in [0.5, 0.6) is 0 Å². The second-order valence-electron chi connectivity index (χ2n) is 8.27. The normalized spacial score (nSPS) is 18.4.